The number of ether oxygens (including phenoxy) is 1. The van der Waals surface area contributed by atoms with Crippen LogP contribution >= 0.6 is 0 Å². The Morgan fingerprint density at radius 2 is 2.30 bits per heavy atom. The molecule has 1 aliphatic carbocycles. The first-order chi connectivity index (χ1) is 11.2. The fraction of sp³-hybridized carbons (Fsp3) is 0.529. The Kier molecular flexibility index (Phi) is 3.69. The third-order valence-electron chi connectivity index (χ3n) is 4.49. The Hall–Kier alpha value is -2.08. The van der Waals surface area contributed by atoms with Gasteiger partial charge in [0.25, 0.3) is 5.91 Å². The van der Waals surface area contributed by atoms with Gasteiger partial charge in [-0.05, 0) is 37.8 Å². The van der Waals surface area contributed by atoms with Gasteiger partial charge in [-0.2, -0.15) is 0 Å². The number of fused-ring (bicyclic) bond motifs is 1. The highest BCUT2D eigenvalue weighted by Crippen LogP contribution is 2.29. The zero-order valence-corrected chi connectivity index (χ0v) is 13.3. The van der Waals surface area contributed by atoms with Crippen LogP contribution < -0.4 is 0 Å². The van der Waals surface area contributed by atoms with Crippen LogP contribution in [0.5, 0.6) is 0 Å². The number of amides is 1. The number of aryl methyl sites for hydroxylation is 1. The molecule has 0 N–H and O–H groups in total. The summed E-state index contributed by atoms with van der Waals surface area (Å²) in [6.07, 6.45) is 4.59. The molecule has 23 heavy (non-hydrogen) atoms. The molecule has 0 saturated heterocycles. The van der Waals surface area contributed by atoms with E-state index in [1.807, 2.05) is 13.0 Å². The van der Waals surface area contributed by atoms with E-state index in [4.69, 9.17) is 9.26 Å². The van der Waals surface area contributed by atoms with Crippen molar-refractivity contribution in [2.75, 3.05) is 13.2 Å². The Balaban J connectivity index is 1.53. The second kappa shape index (κ2) is 5.85. The lowest BCUT2D eigenvalue weighted by atomic mass is 10.2. The maximum Gasteiger partial charge on any atom is 0.292 e. The van der Waals surface area contributed by atoms with E-state index in [-0.39, 0.29) is 12.0 Å². The highest BCUT2D eigenvalue weighted by atomic mass is 16.5. The summed E-state index contributed by atoms with van der Waals surface area (Å²) in [6.45, 7) is 4.54. The normalized spacial score (nSPS) is 21.1. The van der Waals surface area contributed by atoms with Crippen molar-refractivity contribution >= 4 is 5.91 Å². The highest BCUT2D eigenvalue weighted by molar-refractivity contribution is 5.91. The predicted molar refractivity (Wildman–Crippen MR) is 82.9 cm³/mol. The Morgan fingerprint density at radius 3 is 3.04 bits per heavy atom. The third kappa shape index (κ3) is 3.17. The molecule has 1 atom stereocenters. The van der Waals surface area contributed by atoms with Gasteiger partial charge in [-0.1, -0.05) is 5.16 Å². The van der Waals surface area contributed by atoms with Crippen LogP contribution in [0.25, 0.3) is 0 Å². The molecule has 1 fully saturated rings. The maximum absolute atomic E-state index is 12.7. The summed E-state index contributed by atoms with van der Waals surface area (Å²) in [7, 11) is 0. The number of carbonyl (C=O) groups is 1. The molecule has 1 unspecified atom stereocenters. The smallest absolute Gasteiger partial charge is 0.292 e. The van der Waals surface area contributed by atoms with Crippen molar-refractivity contribution in [3.63, 3.8) is 0 Å². The second-order valence-corrected chi connectivity index (χ2v) is 6.57. The summed E-state index contributed by atoms with van der Waals surface area (Å²) in [5.74, 6) is 0.882. The van der Waals surface area contributed by atoms with Gasteiger partial charge in [-0.3, -0.25) is 4.79 Å². The fourth-order valence-corrected chi connectivity index (χ4v) is 2.99. The lowest BCUT2D eigenvalue weighted by Crippen LogP contribution is -2.37. The maximum atomic E-state index is 12.7. The second-order valence-electron chi connectivity index (χ2n) is 6.57. The zero-order chi connectivity index (χ0) is 15.8. The molecule has 0 radical (unpaired) electrons. The van der Waals surface area contributed by atoms with Crippen molar-refractivity contribution in [2.45, 2.75) is 39.0 Å². The van der Waals surface area contributed by atoms with Crippen molar-refractivity contribution in [1.29, 1.82) is 0 Å². The van der Waals surface area contributed by atoms with E-state index in [0.717, 1.165) is 18.8 Å². The number of hydrogen-bond acceptors (Lipinski definition) is 4. The van der Waals surface area contributed by atoms with Crippen LogP contribution in [0.2, 0.25) is 0 Å². The average molecular weight is 315 g/mol. The largest absolute Gasteiger partial charge is 0.374 e. The zero-order valence-electron chi connectivity index (χ0n) is 13.3. The van der Waals surface area contributed by atoms with E-state index in [1.54, 1.807) is 11.0 Å². The minimum Gasteiger partial charge on any atom is -0.374 e. The molecular formula is C17H21N3O3. The number of rotatable bonds is 4. The van der Waals surface area contributed by atoms with E-state index in [1.165, 1.54) is 12.8 Å². The lowest BCUT2D eigenvalue weighted by molar-refractivity contribution is 0.0139. The monoisotopic (exact) mass is 315 g/mol. The highest BCUT2D eigenvalue weighted by Gasteiger charge is 2.29. The topological polar surface area (TPSA) is 60.5 Å². The molecule has 0 bridgehead atoms. The number of aromatic nitrogens is 2. The summed E-state index contributed by atoms with van der Waals surface area (Å²) in [6, 6.07) is 5.75. The van der Waals surface area contributed by atoms with Crippen molar-refractivity contribution in [1.82, 2.24) is 14.6 Å². The van der Waals surface area contributed by atoms with Gasteiger partial charge in [-0.15, -0.1) is 0 Å². The van der Waals surface area contributed by atoms with Gasteiger partial charge in [0.1, 0.15) is 0 Å². The van der Waals surface area contributed by atoms with E-state index < -0.39 is 0 Å². The van der Waals surface area contributed by atoms with Crippen LogP contribution in [0.1, 0.15) is 34.8 Å². The minimum atomic E-state index is -0.125. The molecule has 2 aromatic rings. The van der Waals surface area contributed by atoms with Crippen LogP contribution in [-0.2, 0) is 17.8 Å². The molecule has 6 nitrogen and oxygen atoms in total. The standard InChI is InChI=1S/C17H21N3O3/c1-12-7-16(23-18-12)17(21)20-8-14-3-2-6-19(14)9-15(10-20)22-11-13-4-5-13/h2-3,6-7,13,15H,4-5,8-11H2,1H3. The Labute approximate surface area is 135 Å². The molecule has 0 spiro atoms. The summed E-state index contributed by atoms with van der Waals surface area (Å²) in [4.78, 5) is 14.5. The van der Waals surface area contributed by atoms with E-state index in [9.17, 15) is 4.79 Å². The van der Waals surface area contributed by atoms with Gasteiger partial charge in [0, 0.05) is 31.1 Å². The van der Waals surface area contributed by atoms with Gasteiger partial charge in [-0.25, -0.2) is 0 Å². The molecule has 1 amide bonds. The summed E-state index contributed by atoms with van der Waals surface area (Å²) in [5, 5.41) is 3.82. The van der Waals surface area contributed by atoms with Gasteiger partial charge in [0.2, 0.25) is 5.76 Å². The molecule has 6 heteroatoms. The van der Waals surface area contributed by atoms with Crippen LogP contribution in [0, 0.1) is 12.8 Å². The first-order valence-electron chi connectivity index (χ1n) is 8.17. The van der Waals surface area contributed by atoms with Crippen LogP contribution in [0.4, 0.5) is 0 Å². The van der Waals surface area contributed by atoms with Gasteiger partial charge in [0.05, 0.1) is 24.9 Å². The van der Waals surface area contributed by atoms with Crippen molar-refractivity contribution in [3.8, 4) is 0 Å². The van der Waals surface area contributed by atoms with E-state index in [0.29, 0.717) is 30.5 Å². The molecule has 1 saturated carbocycles. The van der Waals surface area contributed by atoms with Crippen molar-refractivity contribution in [3.05, 3.63) is 41.5 Å². The van der Waals surface area contributed by atoms with Gasteiger partial charge < -0.3 is 18.7 Å². The average Bonchev–Trinajstić information content (AvgIpc) is 3.17. The van der Waals surface area contributed by atoms with Crippen LogP contribution in [0.3, 0.4) is 0 Å². The van der Waals surface area contributed by atoms with Crippen LogP contribution in [-0.4, -0.2) is 39.8 Å². The Bertz CT molecular complexity index is 702. The Morgan fingerprint density at radius 1 is 1.43 bits per heavy atom. The van der Waals surface area contributed by atoms with Gasteiger partial charge in [0.15, 0.2) is 0 Å². The fourth-order valence-electron chi connectivity index (χ4n) is 2.99. The van der Waals surface area contributed by atoms with Crippen molar-refractivity contribution in [2.24, 2.45) is 5.92 Å². The number of carbonyl (C=O) groups excluding carboxylic acids is 1. The van der Waals surface area contributed by atoms with Gasteiger partial charge >= 0.3 is 0 Å². The van der Waals surface area contributed by atoms with E-state index in [2.05, 4.69) is 22.0 Å². The molecule has 0 aromatic carbocycles. The number of hydrogen-bond donors (Lipinski definition) is 0. The lowest BCUT2D eigenvalue weighted by Gasteiger charge is -2.23. The molecule has 122 valence electrons. The van der Waals surface area contributed by atoms with Crippen LogP contribution in [0.15, 0.2) is 28.9 Å². The predicted octanol–water partition coefficient (Wildman–Crippen LogP) is 2.24. The molecular weight excluding hydrogens is 294 g/mol. The summed E-state index contributed by atoms with van der Waals surface area (Å²) < 4.78 is 13.4. The third-order valence-corrected chi connectivity index (χ3v) is 4.49. The first-order valence-corrected chi connectivity index (χ1v) is 8.17. The molecule has 3 heterocycles. The molecule has 2 aliphatic rings. The summed E-state index contributed by atoms with van der Waals surface area (Å²) >= 11 is 0. The SMILES string of the molecule is Cc1cc(C(=O)N2Cc3cccn3CC(OCC3CC3)C2)on1. The quantitative estimate of drug-likeness (QED) is 0.868. The summed E-state index contributed by atoms with van der Waals surface area (Å²) in [5.41, 5.74) is 1.83. The molecule has 2 aromatic heterocycles. The van der Waals surface area contributed by atoms with Crippen molar-refractivity contribution < 1.29 is 14.1 Å². The molecule has 1 aliphatic heterocycles. The van der Waals surface area contributed by atoms with E-state index >= 15 is 0 Å². The molecule has 4 rings (SSSR count). The minimum absolute atomic E-state index is 0.0113. The first kappa shape index (κ1) is 14.5. The number of nitrogens with zero attached hydrogens (tertiary/aromatic N) is 3.